The first-order valence-corrected chi connectivity index (χ1v) is 11.9. The summed E-state index contributed by atoms with van der Waals surface area (Å²) in [5.41, 5.74) is 0.444. The number of hydrogen-bond acceptors (Lipinski definition) is 7. The van der Waals surface area contributed by atoms with E-state index in [9.17, 15) is 9.59 Å². The van der Waals surface area contributed by atoms with Gasteiger partial charge in [-0.2, -0.15) is 4.98 Å². The summed E-state index contributed by atoms with van der Waals surface area (Å²) in [5, 5.41) is 4.75. The molecule has 3 aliphatic heterocycles. The van der Waals surface area contributed by atoms with Gasteiger partial charge in [-0.3, -0.25) is 4.90 Å². The Balaban J connectivity index is 1.21. The predicted molar refractivity (Wildman–Crippen MR) is 124 cm³/mol. The zero-order valence-electron chi connectivity index (χ0n) is 20.0. The van der Waals surface area contributed by atoms with Gasteiger partial charge in [0.05, 0.1) is 25.2 Å². The lowest BCUT2D eigenvalue weighted by molar-refractivity contribution is 0.0190. The van der Waals surface area contributed by atoms with Gasteiger partial charge in [0, 0.05) is 19.6 Å². The van der Waals surface area contributed by atoms with Gasteiger partial charge in [-0.25, -0.2) is 14.3 Å². The summed E-state index contributed by atoms with van der Waals surface area (Å²) in [6, 6.07) is 10.0. The first-order valence-electron chi connectivity index (χ1n) is 11.9. The lowest BCUT2D eigenvalue weighted by atomic mass is 10.2. The molecule has 2 aromatic rings. The quantitative estimate of drug-likeness (QED) is 0.684. The molecule has 4 heterocycles. The van der Waals surface area contributed by atoms with Gasteiger partial charge in [0.15, 0.2) is 0 Å². The minimum Gasteiger partial charge on any atom is -0.445 e. The number of hydrogen-bond donors (Lipinski definition) is 0. The molecule has 5 rings (SSSR count). The summed E-state index contributed by atoms with van der Waals surface area (Å²) in [6.07, 6.45) is 1.37. The van der Waals surface area contributed by atoms with Crippen molar-refractivity contribution in [1.29, 1.82) is 0 Å². The van der Waals surface area contributed by atoms with Gasteiger partial charge in [-0.05, 0) is 39.2 Å². The molecule has 182 valence electrons. The monoisotopic (exact) mass is 468 g/mol. The van der Waals surface area contributed by atoms with Gasteiger partial charge in [0.25, 0.3) is 0 Å². The van der Waals surface area contributed by atoms with Crippen molar-refractivity contribution in [2.24, 2.45) is 0 Å². The number of anilines is 1. The third-order valence-corrected chi connectivity index (χ3v) is 6.48. The minimum atomic E-state index is -0.533. The lowest BCUT2D eigenvalue weighted by Crippen LogP contribution is -2.56. The standard InChI is InChI=1S/C24H32N6O4/c1-24(2,3)34-23(32)27-11-12-29-20(15-27)25-21(26-29)30-18-9-10-19(30)14-28(13-18)22(31)33-16-17-7-5-4-6-8-17/h4-8,18-19H,9-16H2,1-3H3. The normalized spacial score (nSPS) is 21.9. The number of likely N-dealkylation sites (tertiary alicyclic amines) is 1. The number of rotatable bonds is 3. The molecule has 2 atom stereocenters. The molecule has 1 aromatic carbocycles. The number of carbonyl (C=O) groups is 2. The maximum atomic E-state index is 12.7. The highest BCUT2D eigenvalue weighted by molar-refractivity contribution is 5.69. The molecule has 0 spiro atoms. The Labute approximate surface area is 199 Å². The van der Waals surface area contributed by atoms with Gasteiger partial charge in [0.2, 0.25) is 5.95 Å². The van der Waals surface area contributed by atoms with Crippen LogP contribution in [-0.2, 0) is 29.2 Å². The molecule has 1 aromatic heterocycles. The maximum Gasteiger partial charge on any atom is 0.410 e. The van der Waals surface area contributed by atoms with Crippen molar-refractivity contribution in [3.05, 3.63) is 41.7 Å². The first-order chi connectivity index (χ1) is 16.3. The topological polar surface area (TPSA) is 93.0 Å². The number of fused-ring (bicyclic) bond motifs is 3. The van der Waals surface area contributed by atoms with Crippen molar-refractivity contribution in [1.82, 2.24) is 24.6 Å². The smallest absolute Gasteiger partial charge is 0.410 e. The lowest BCUT2D eigenvalue weighted by Gasteiger charge is -2.39. The number of aromatic nitrogens is 3. The van der Waals surface area contributed by atoms with Crippen LogP contribution in [0.2, 0.25) is 0 Å². The Morgan fingerprint density at radius 1 is 1.00 bits per heavy atom. The van der Waals surface area contributed by atoms with Crippen LogP contribution >= 0.6 is 0 Å². The van der Waals surface area contributed by atoms with Crippen molar-refractivity contribution >= 4 is 18.1 Å². The van der Waals surface area contributed by atoms with Crippen molar-refractivity contribution in [3.63, 3.8) is 0 Å². The Kier molecular flexibility index (Phi) is 5.83. The Morgan fingerprint density at radius 2 is 1.71 bits per heavy atom. The van der Waals surface area contributed by atoms with Crippen LogP contribution in [0.5, 0.6) is 0 Å². The Bertz CT molecular complexity index is 1040. The molecule has 2 unspecified atom stereocenters. The van der Waals surface area contributed by atoms with E-state index in [2.05, 4.69) is 4.90 Å². The maximum absolute atomic E-state index is 12.7. The largest absolute Gasteiger partial charge is 0.445 e. The number of amides is 2. The van der Waals surface area contributed by atoms with Gasteiger partial charge in [-0.1, -0.05) is 30.3 Å². The van der Waals surface area contributed by atoms with Crippen molar-refractivity contribution in [2.45, 2.75) is 71.0 Å². The summed E-state index contributed by atoms with van der Waals surface area (Å²) in [5.74, 6) is 1.45. The molecule has 3 aliphatic rings. The predicted octanol–water partition coefficient (Wildman–Crippen LogP) is 3.02. The van der Waals surface area contributed by atoms with Crippen molar-refractivity contribution < 1.29 is 19.1 Å². The van der Waals surface area contributed by atoms with E-state index in [1.54, 1.807) is 4.90 Å². The van der Waals surface area contributed by atoms with Crippen LogP contribution in [0.3, 0.4) is 0 Å². The number of piperazine rings is 1. The zero-order chi connectivity index (χ0) is 23.9. The van der Waals surface area contributed by atoms with Gasteiger partial charge < -0.3 is 19.3 Å². The summed E-state index contributed by atoms with van der Waals surface area (Å²) in [4.78, 5) is 35.7. The minimum absolute atomic E-state index is 0.162. The molecule has 34 heavy (non-hydrogen) atoms. The molecule has 2 fully saturated rings. The number of carbonyl (C=O) groups excluding carboxylic acids is 2. The van der Waals surface area contributed by atoms with E-state index in [1.807, 2.05) is 60.7 Å². The molecular formula is C24H32N6O4. The van der Waals surface area contributed by atoms with Gasteiger partial charge in [-0.15, -0.1) is 5.10 Å². The molecule has 0 aliphatic carbocycles. The average molecular weight is 469 g/mol. The van der Waals surface area contributed by atoms with E-state index in [0.717, 1.165) is 24.2 Å². The van der Waals surface area contributed by atoms with Crippen LogP contribution in [0.1, 0.15) is 45.0 Å². The molecule has 10 heteroatoms. The second-order valence-corrected chi connectivity index (χ2v) is 10.2. The van der Waals surface area contributed by atoms with E-state index >= 15 is 0 Å². The summed E-state index contributed by atoms with van der Waals surface area (Å²) >= 11 is 0. The summed E-state index contributed by atoms with van der Waals surface area (Å²) in [6.45, 7) is 8.56. The van der Waals surface area contributed by atoms with E-state index in [0.29, 0.717) is 38.7 Å². The SMILES string of the molecule is CC(C)(C)OC(=O)N1CCn2nc(N3C4CCC3CN(C(=O)OCc3ccccc3)C4)nc2C1. The molecule has 2 amide bonds. The molecule has 0 N–H and O–H groups in total. The zero-order valence-corrected chi connectivity index (χ0v) is 20.0. The molecule has 10 nitrogen and oxygen atoms in total. The highest BCUT2D eigenvalue weighted by Gasteiger charge is 2.44. The van der Waals surface area contributed by atoms with E-state index in [4.69, 9.17) is 19.6 Å². The second kappa shape index (κ2) is 8.81. The van der Waals surface area contributed by atoms with Crippen LogP contribution < -0.4 is 4.90 Å². The van der Waals surface area contributed by atoms with Gasteiger partial charge >= 0.3 is 12.2 Å². The third kappa shape index (κ3) is 4.67. The number of benzene rings is 1. The molecule has 0 saturated carbocycles. The average Bonchev–Trinajstić information content (AvgIpc) is 3.33. The van der Waals surface area contributed by atoms with Crippen LogP contribution in [0.4, 0.5) is 15.5 Å². The highest BCUT2D eigenvalue weighted by atomic mass is 16.6. The Morgan fingerprint density at radius 3 is 2.38 bits per heavy atom. The van der Waals surface area contributed by atoms with E-state index in [1.165, 1.54) is 0 Å². The van der Waals surface area contributed by atoms with Crippen molar-refractivity contribution in [2.75, 3.05) is 24.5 Å². The summed E-state index contributed by atoms with van der Waals surface area (Å²) < 4.78 is 12.9. The summed E-state index contributed by atoms with van der Waals surface area (Å²) in [7, 11) is 0. The van der Waals surface area contributed by atoms with Gasteiger partial charge in [0.1, 0.15) is 18.0 Å². The first kappa shape index (κ1) is 22.5. The van der Waals surface area contributed by atoms with E-state index in [-0.39, 0.29) is 30.9 Å². The highest BCUT2D eigenvalue weighted by Crippen LogP contribution is 2.34. The molecule has 2 bridgehead atoms. The van der Waals surface area contributed by atoms with Crippen LogP contribution in [0, 0.1) is 0 Å². The fraction of sp³-hybridized carbons (Fsp3) is 0.583. The second-order valence-electron chi connectivity index (χ2n) is 10.2. The van der Waals surface area contributed by atoms with Crippen LogP contribution in [0.25, 0.3) is 0 Å². The third-order valence-electron chi connectivity index (χ3n) is 6.48. The molecule has 2 saturated heterocycles. The number of nitrogens with zero attached hydrogens (tertiary/aromatic N) is 6. The van der Waals surface area contributed by atoms with E-state index < -0.39 is 5.60 Å². The molecule has 0 radical (unpaired) electrons. The Hall–Kier alpha value is -3.30. The fourth-order valence-corrected chi connectivity index (χ4v) is 4.90. The number of ether oxygens (including phenoxy) is 2. The van der Waals surface area contributed by atoms with Crippen LogP contribution in [0.15, 0.2) is 30.3 Å². The fourth-order valence-electron chi connectivity index (χ4n) is 4.90. The molecular weight excluding hydrogens is 436 g/mol. The van der Waals surface area contributed by atoms with Crippen LogP contribution in [-0.4, -0.2) is 74.1 Å². The van der Waals surface area contributed by atoms with Crippen molar-refractivity contribution in [3.8, 4) is 0 Å².